The van der Waals surface area contributed by atoms with Gasteiger partial charge >= 0.3 is 0 Å². The fourth-order valence-electron chi connectivity index (χ4n) is 5.29. The number of piperidine rings is 1. The summed E-state index contributed by atoms with van der Waals surface area (Å²) in [6, 6.07) is 7.65. The molecule has 1 saturated heterocycles. The van der Waals surface area contributed by atoms with Crippen LogP contribution in [0.5, 0.6) is 0 Å². The van der Waals surface area contributed by atoms with E-state index in [0.29, 0.717) is 43.2 Å². The molecule has 3 heterocycles. The van der Waals surface area contributed by atoms with Crippen LogP contribution in [0.3, 0.4) is 0 Å². The average molecular weight is 453 g/mol. The molecule has 1 aromatic carbocycles. The summed E-state index contributed by atoms with van der Waals surface area (Å²) in [5.41, 5.74) is 2.22. The van der Waals surface area contributed by atoms with Crippen molar-refractivity contribution in [2.45, 2.75) is 64.0 Å². The second kappa shape index (κ2) is 8.31. The van der Waals surface area contributed by atoms with Gasteiger partial charge in [-0.25, -0.2) is 4.98 Å². The lowest BCUT2D eigenvalue weighted by Gasteiger charge is -2.47. The highest BCUT2D eigenvalue weighted by Gasteiger charge is 2.47. The predicted octanol–water partition coefficient (Wildman–Crippen LogP) is 3.39. The van der Waals surface area contributed by atoms with Crippen molar-refractivity contribution in [1.82, 2.24) is 14.8 Å². The molecule has 1 fully saturated rings. The molecule has 0 unspecified atom stereocenters. The van der Waals surface area contributed by atoms with E-state index in [1.54, 1.807) is 23.2 Å². The third-order valence-corrected chi connectivity index (χ3v) is 8.19. The summed E-state index contributed by atoms with van der Waals surface area (Å²) >= 11 is 1.58. The van der Waals surface area contributed by atoms with E-state index in [9.17, 15) is 14.4 Å². The highest BCUT2D eigenvalue weighted by molar-refractivity contribution is 7.15. The fraction of sp³-hybridized carbons (Fsp3) is 0.500. The van der Waals surface area contributed by atoms with E-state index in [1.807, 2.05) is 29.2 Å². The molecular formula is C24H28N4O3S. The Labute approximate surface area is 191 Å². The van der Waals surface area contributed by atoms with E-state index in [4.69, 9.17) is 0 Å². The number of aryl methyl sites for hydroxylation is 2. The Morgan fingerprint density at radius 2 is 1.91 bits per heavy atom. The van der Waals surface area contributed by atoms with Gasteiger partial charge in [0.05, 0.1) is 17.7 Å². The number of rotatable bonds is 4. The van der Waals surface area contributed by atoms with Gasteiger partial charge in [-0.3, -0.25) is 14.4 Å². The molecule has 2 aliphatic heterocycles. The maximum atomic E-state index is 13.3. The first-order valence-corrected chi connectivity index (χ1v) is 12.2. The van der Waals surface area contributed by atoms with Crippen LogP contribution < -0.4 is 5.32 Å². The van der Waals surface area contributed by atoms with Crippen molar-refractivity contribution in [3.05, 3.63) is 46.0 Å². The molecule has 3 amide bonds. The maximum Gasteiger partial charge on any atom is 0.254 e. The number of likely N-dealkylation sites (tertiary alicyclic amines) is 1. The van der Waals surface area contributed by atoms with Crippen molar-refractivity contribution in [3.8, 4) is 0 Å². The number of nitrogens with one attached hydrogen (secondary N) is 1. The van der Waals surface area contributed by atoms with E-state index in [-0.39, 0.29) is 24.1 Å². The van der Waals surface area contributed by atoms with Gasteiger partial charge in [0.15, 0.2) is 5.13 Å². The van der Waals surface area contributed by atoms with E-state index in [2.05, 4.69) is 10.3 Å². The summed E-state index contributed by atoms with van der Waals surface area (Å²) in [6.45, 7) is 3.18. The Morgan fingerprint density at radius 3 is 2.62 bits per heavy atom. The molecule has 3 aliphatic rings. The van der Waals surface area contributed by atoms with Crippen LogP contribution in [-0.4, -0.2) is 51.1 Å². The van der Waals surface area contributed by atoms with Crippen LogP contribution in [0.4, 0.5) is 5.13 Å². The number of anilines is 1. The van der Waals surface area contributed by atoms with Crippen LogP contribution in [0.1, 0.15) is 65.5 Å². The monoisotopic (exact) mass is 452 g/mol. The van der Waals surface area contributed by atoms with Crippen molar-refractivity contribution < 1.29 is 14.4 Å². The summed E-state index contributed by atoms with van der Waals surface area (Å²) < 4.78 is 0. The van der Waals surface area contributed by atoms with Crippen LogP contribution in [0.15, 0.2) is 24.3 Å². The van der Waals surface area contributed by atoms with Crippen molar-refractivity contribution in [2.24, 2.45) is 0 Å². The zero-order valence-corrected chi connectivity index (χ0v) is 19.2. The normalized spacial score (nSPS) is 19.5. The third kappa shape index (κ3) is 3.81. The first-order valence-electron chi connectivity index (χ1n) is 11.4. The first-order chi connectivity index (χ1) is 15.4. The van der Waals surface area contributed by atoms with Crippen molar-refractivity contribution in [3.63, 3.8) is 0 Å². The van der Waals surface area contributed by atoms with Gasteiger partial charge in [0, 0.05) is 37.0 Å². The second-order valence-corrected chi connectivity index (χ2v) is 10.2. The molecule has 0 atom stereocenters. The minimum absolute atomic E-state index is 0.0191. The van der Waals surface area contributed by atoms with Gasteiger partial charge in [-0.05, 0) is 50.2 Å². The molecule has 1 N–H and O–H groups in total. The number of aromatic nitrogens is 1. The lowest BCUT2D eigenvalue weighted by Crippen LogP contribution is -2.57. The van der Waals surface area contributed by atoms with Crippen LogP contribution in [0, 0.1) is 0 Å². The topological polar surface area (TPSA) is 82.6 Å². The van der Waals surface area contributed by atoms with Crippen LogP contribution in [-0.2, 0) is 29.0 Å². The Kier molecular flexibility index (Phi) is 5.49. The number of amides is 3. The number of carbonyl (C=O) groups excluding carboxylic acids is 3. The Balaban J connectivity index is 1.37. The van der Waals surface area contributed by atoms with E-state index in [1.165, 1.54) is 11.3 Å². The van der Waals surface area contributed by atoms with Gasteiger partial charge in [0.1, 0.15) is 0 Å². The molecule has 1 aromatic heterocycles. The van der Waals surface area contributed by atoms with E-state index in [0.717, 1.165) is 30.5 Å². The summed E-state index contributed by atoms with van der Waals surface area (Å²) in [5.74, 6) is -0.0991. The number of hydrogen-bond donors (Lipinski definition) is 1. The van der Waals surface area contributed by atoms with Gasteiger partial charge in [-0.15, -0.1) is 11.3 Å². The predicted molar refractivity (Wildman–Crippen MR) is 123 cm³/mol. The van der Waals surface area contributed by atoms with Gasteiger partial charge < -0.3 is 15.1 Å². The standard InChI is InChI=1S/C24H28N4O3S/c1-16(29)27-12-10-24(11-13-27,28-15-17-6-2-3-7-18(17)22(28)31)14-21(30)26-23-25-19-8-4-5-9-20(19)32-23/h2-3,6-7H,4-5,8-15H2,1H3,(H,25,26,30). The molecule has 0 saturated carbocycles. The number of hydrogen-bond acceptors (Lipinski definition) is 5. The molecule has 0 spiro atoms. The highest BCUT2D eigenvalue weighted by atomic mass is 32.1. The Bertz CT molecular complexity index is 1050. The zero-order chi connectivity index (χ0) is 22.3. The number of fused-ring (bicyclic) bond motifs is 2. The molecular weight excluding hydrogens is 424 g/mol. The molecule has 2 aromatic rings. The summed E-state index contributed by atoms with van der Waals surface area (Å²) in [7, 11) is 0. The maximum absolute atomic E-state index is 13.3. The third-order valence-electron chi connectivity index (χ3n) is 7.12. The molecule has 32 heavy (non-hydrogen) atoms. The van der Waals surface area contributed by atoms with Crippen molar-refractivity contribution >= 4 is 34.2 Å². The zero-order valence-electron chi connectivity index (χ0n) is 18.4. The van der Waals surface area contributed by atoms with Crippen molar-refractivity contribution in [2.75, 3.05) is 18.4 Å². The summed E-state index contributed by atoms with van der Waals surface area (Å²) in [6.07, 6.45) is 5.74. The van der Waals surface area contributed by atoms with Gasteiger partial charge in [0.2, 0.25) is 11.8 Å². The minimum atomic E-state index is -0.608. The number of benzene rings is 1. The summed E-state index contributed by atoms with van der Waals surface area (Å²) in [5, 5.41) is 3.68. The molecule has 8 heteroatoms. The fourth-order valence-corrected chi connectivity index (χ4v) is 6.35. The Hall–Kier alpha value is -2.74. The van der Waals surface area contributed by atoms with Crippen LogP contribution in [0.25, 0.3) is 0 Å². The number of nitrogens with zero attached hydrogens (tertiary/aromatic N) is 3. The highest BCUT2D eigenvalue weighted by Crippen LogP contribution is 2.39. The summed E-state index contributed by atoms with van der Waals surface area (Å²) in [4.78, 5) is 48.0. The van der Waals surface area contributed by atoms with Gasteiger partial charge in [-0.2, -0.15) is 0 Å². The quantitative estimate of drug-likeness (QED) is 0.771. The number of thiazole rings is 1. The largest absolute Gasteiger partial charge is 0.343 e. The minimum Gasteiger partial charge on any atom is -0.343 e. The van der Waals surface area contributed by atoms with Crippen LogP contribution >= 0.6 is 11.3 Å². The molecule has 168 valence electrons. The second-order valence-electron chi connectivity index (χ2n) is 9.10. The molecule has 5 rings (SSSR count). The lowest BCUT2D eigenvalue weighted by molar-refractivity contribution is -0.131. The van der Waals surface area contributed by atoms with Crippen LogP contribution in [0.2, 0.25) is 0 Å². The first kappa shape index (κ1) is 21.1. The number of carbonyl (C=O) groups is 3. The van der Waals surface area contributed by atoms with E-state index < -0.39 is 5.54 Å². The van der Waals surface area contributed by atoms with Crippen molar-refractivity contribution in [1.29, 1.82) is 0 Å². The average Bonchev–Trinajstić information content (AvgIpc) is 3.34. The Morgan fingerprint density at radius 1 is 1.16 bits per heavy atom. The lowest BCUT2D eigenvalue weighted by atomic mass is 9.82. The molecule has 0 bridgehead atoms. The SMILES string of the molecule is CC(=O)N1CCC(CC(=O)Nc2nc3c(s2)CCCC3)(N2Cc3ccccc3C2=O)CC1. The van der Waals surface area contributed by atoms with Gasteiger partial charge in [-0.1, -0.05) is 18.2 Å². The van der Waals surface area contributed by atoms with Gasteiger partial charge in [0.25, 0.3) is 5.91 Å². The molecule has 0 radical (unpaired) electrons. The smallest absolute Gasteiger partial charge is 0.254 e. The molecule has 1 aliphatic carbocycles. The van der Waals surface area contributed by atoms with E-state index >= 15 is 0 Å². The molecule has 7 nitrogen and oxygen atoms in total.